The van der Waals surface area contributed by atoms with Gasteiger partial charge >= 0.3 is 80.9 Å². The van der Waals surface area contributed by atoms with Crippen LogP contribution >= 0.6 is 24.4 Å². The van der Waals surface area contributed by atoms with E-state index in [0.29, 0.717) is 13.2 Å². The molecule has 0 aliphatic heterocycles. The summed E-state index contributed by atoms with van der Waals surface area (Å²) in [4.78, 5) is 0. The second-order valence-corrected chi connectivity index (χ2v) is 5.61. The van der Waals surface area contributed by atoms with Gasteiger partial charge in [-0.05, 0) is 12.8 Å². The van der Waals surface area contributed by atoms with Crippen molar-refractivity contribution < 1.29 is 90.4 Å². The Morgan fingerprint density at radius 3 is 1.30 bits per heavy atom. The Morgan fingerprint density at radius 1 is 0.800 bits per heavy atom. The van der Waals surface area contributed by atoms with E-state index in [1.807, 2.05) is 0 Å². The molecule has 0 spiro atoms. The predicted molar refractivity (Wildman–Crippen MR) is 90.9 cm³/mol. The first kappa shape index (κ1) is 30.7. The molecule has 0 aromatic rings. The number of thiocarbonyl (C=S) groups is 2. The van der Waals surface area contributed by atoms with Crippen LogP contribution in [0, 0.1) is 0 Å². The summed E-state index contributed by atoms with van der Waals surface area (Å²) in [5, 5.41) is 0. The third kappa shape index (κ3) is 37.3. The van der Waals surface area contributed by atoms with Gasteiger partial charge < -0.3 is 59.2 Å². The zero-order chi connectivity index (χ0) is 14.2. The maximum Gasteiger partial charge on any atom is 1.00 e. The zero-order valence-electron chi connectivity index (χ0n) is 13.1. The fraction of sp³-hybridized carbons (Fsp3) is 0.833. The third-order valence-electron chi connectivity index (χ3n) is 1.94. The van der Waals surface area contributed by atoms with Crippen LogP contribution in [0.5, 0.6) is 0 Å². The van der Waals surface area contributed by atoms with Gasteiger partial charge in [-0.15, -0.1) is 0 Å². The van der Waals surface area contributed by atoms with Gasteiger partial charge in [0.05, 0.1) is 13.2 Å². The van der Waals surface area contributed by atoms with Crippen molar-refractivity contribution in [3.8, 4) is 0 Å². The van der Waals surface area contributed by atoms with E-state index in [1.54, 1.807) is 0 Å². The van der Waals surface area contributed by atoms with Crippen LogP contribution in [0.25, 0.3) is 0 Å². The molecule has 0 radical (unpaired) electrons. The van der Waals surface area contributed by atoms with Crippen molar-refractivity contribution in [3.05, 3.63) is 0 Å². The third-order valence-corrected chi connectivity index (χ3v) is 2.41. The minimum atomic E-state index is 0. The van der Waals surface area contributed by atoms with E-state index in [9.17, 15) is 0 Å². The van der Waals surface area contributed by atoms with Gasteiger partial charge in [-0.25, -0.2) is 0 Å². The van der Waals surface area contributed by atoms with E-state index >= 15 is 0 Å². The summed E-state index contributed by atoms with van der Waals surface area (Å²) < 4.78 is 10.3. The Balaban J connectivity index is -0.000000116. The second-order valence-electron chi connectivity index (χ2n) is 3.61. The van der Waals surface area contributed by atoms with Crippen LogP contribution in [0.3, 0.4) is 0 Å². The molecule has 0 heterocycles. The van der Waals surface area contributed by atoms with E-state index < -0.39 is 0 Å². The molecule has 0 saturated carbocycles. The predicted octanol–water partition coefficient (Wildman–Crippen LogP) is -1.94. The van der Waals surface area contributed by atoms with E-state index in [4.69, 9.17) is 9.47 Å². The van der Waals surface area contributed by atoms with Crippen molar-refractivity contribution in [2.45, 2.75) is 52.4 Å². The van der Waals surface area contributed by atoms with E-state index in [-0.39, 0.29) is 89.7 Å². The molecular weight excluding hydrogens is 366 g/mol. The van der Waals surface area contributed by atoms with Gasteiger partial charge in [-0.2, -0.15) is 0 Å². The maximum atomic E-state index is 4.89. The molecule has 0 fully saturated rings. The Morgan fingerprint density at radius 2 is 1.10 bits per heavy atom. The van der Waals surface area contributed by atoms with Crippen LogP contribution in [0.2, 0.25) is 0 Å². The number of hydrogen-bond donors (Lipinski definition) is 0. The first-order valence-electron chi connectivity index (χ1n) is 6.22. The molecule has 8 heteroatoms. The summed E-state index contributed by atoms with van der Waals surface area (Å²) in [5.41, 5.74) is 0. The number of hydrogen-bond acceptors (Lipinski definition) is 6. The number of ether oxygens (including phenoxy) is 2. The Hall–Kier alpha value is 2.86. The van der Waals surface area contributed by atoms with Crippen LogP contribution in [0.1, 0.15) is 52.4 Å². The minimum absolute atomic E-state index is 0. The summed E-state index contributed by atoms with van der Waals surface area (Å²) in [6, 6.07) is 0. The van der Waals surface area contributed by atoms with Crippen LogP contribution in [0.4, 0.5) is 0 Å². The van der Waals surface area contributed by atoms with Gasteiger partial charge in [-0.3, -0.25) is 0 Å². The molecule has 0 rings (SSSR count). The molecule has 2 nitrogen and oxygen atoms in total. The van der Waals surface area contributed by atoms with Crippen LogP contribution in [-0.4, -0.2) is 22.0 Å². The van der Waals surface area contributed by atoms with Gasteiger partial charge in [0.1, 0.15) is 0 Å². The second kappa shape index (κ2) is 26.7. The largest absolute Gasteiger partial charge is 1.00 e. The van der Waals surface area contributed by atoms with Crippen LogP contribution in [0.15, 0.2) is 0 Å². The summed E-state index contributed by atoms with van der Waals surface area (Å²) in [6.45, 7) is 5.67. The minimum Gasteiger partial charge on any atom is -0.514 e. The molecule has 0 N–H and O–H groups in total. The Kier molecular flexibility index (Phi) is 41.1. The van der Waals surface area contributed by atoms with Crippen molar-refractivity contribution in [1.82, 2.24) is 0 Å². The van der Waals surface area contributed by atoms with Crippen LogP contribution < -0.4 is 80.9 Å². The standard InChI is InChI=1S/2C6H12OS2.K.Na/c2*1-2-3-4-5-7-6(8)9;;/h2*2-5H2,1H3,(H,8,9);;/q;;2*+1/p-2. The quantitative estimate of drug-likeness (QED) is 0.207. The van der Waals surface area contributed by atoms with Crippen molar-refractivity contribution in [2.75, 3.05) is 13.2 Å². The zero-order valence-corrected chi connectivity index (χ0v) is 21.5. The van der Waals surface area contributed by atoms with E-state index in [1.165, 1.54) is 25.7 Å². The molecule has 0 unspecified atom stereocenters. The van der Waals surface area contributed by atoms with Crippen molar-refractivity contribution >= 4 is 58.5 Å². The molecule has 0 aliphatic rings. The van der Waals surface area contributed by atoms with E-state index in [2.05, 4.69) is 63.5 Å². The molecule has 0 bridgehead atoms. The molecular formula is C12H22KNaO2S4. The fourth-order valence-electron chi connectivity index (χ4n) is 1.02. The summed E-state index contributed by atoms with van der Waals surface area (Å²) in [5.74, 6) is 0. The van der Waals surface area contributed by atoms with Gasteiger partial charge in [0, 0.05) is 8.77 Å². The normalized spacial score (nSPS) is 8.10. The first-order chi connectivity index (χ1) is 8.54. The molecule has 0 aromatic heterocycles. The first-order valence-corrected chi connectivity index (χ1v) is 7.85. The van der Waals surface area contributed by atoms with Gasteiger partial charge in [0.2, 0.25) is 0 Å². The fourth-order valence-corrected chi connectivity index (χ4v) is 1.35. The van der Waals surface area contributed by atoms with Crippen molar-refractivity contribution in [3.63, 3.8) is 0 Å². The molecule has 20 heavy (non-hydrogen) atoms. The monoisotopic (exact) mass is 388 g/mol. The van der Waals surface area contributed by atoms with Crippen molar-refractivity contribution in [1.29, 1.82) is 0 Å². The summed E-state index contributed by atoms with van der Waals surface area (Å²) in [6.07, 6.45) is 6.91. The van der Waals surface area contributed by atoms with Gasteiger partial charge in [0.15, 0.2) is 0 Å². The van der Waals surface area contributed by atoms with E-state index in [0.717, 1.165) is 12.8 Å². The molecule has 0 aromatic carbocycles. The average molecular weight is 389 g/mol. The van der Waals surface area contributed by atoms with Gasteiger partial charge in [0.25, 0.3) is 0 Å². The SMILES string of the molecule is CCCCCOC(=S)[S-].CCCCCOC(=S)[S-].[K+].[Na+]. The Labute approximate surface area is 210 Å². The topological polar surface area (TPSA) is 18.5 Å². The molecule has 0 atom stereocenters. The molecule has 0 saturated heterocycles. The summed E-state index contributed by atoms with van der Waals surface area (Å²) in [7, 11) is 0. The maximum absolute atomic E-state index is 4.89. The van der Waals surface area contributed by atoms with Crippen LogP contribution in [-0.2, 0) is 34.7 Å². The van der Waals surface area contributed by atoms with Gasteiger partial charge in [-0.1, -0.05) is 39.5 Å². The average Bonchev–Trinajstić information content (AvgIpc) is 2.31. The number of rotatable bonds is 8. The van der Waals surface area contributed by atoms with Crippen molar-refractivity contribution in [2.24, 2.45) is 0 Å². The molecule has 108 valence electrons. The summed E-state index contributed by atoms with van der Waals surface area (Å²) >= 11 is 18.2. The Bertz CT molecular complexity index is 200. The molecule has 0 amide bonds. The smallest absolute Gasteiger partial charge is 0.514 e. The number of unbranched alkanes of at least 4 members (excludes halogenated alkanes) is 4. The molecule has 0 aliphatic carbocycles.